The number of piperidine rings is 1. The number of aliphatic hydroxyl groups is 1. The van der Waals surface area contributed by atoms with Crippen LogP contribution < -0.4 is 4.74 Å². The lowest BCUT2D eigenvalue weighted by atomic mass is 10.1. The molecule has 0 saturated carbocycles. The van der Waals surface area contributed by atoms with E-state index in [0.29, 0.717) is 31.7 Å². The second-order valence-corrected chi connectivity index (χ2v) is 7.71. The monoisotopic (exact) mass is 348 g/mol. The Morgan fingerprint density at radius 1 is 1.17 bits per heavy atom. The van der Waals surface area contributed by atoms with E-state index in [9.17, 15) is 13.5 Å². The molecule has 0 bridgehead atoms. The fourth-order valence-electron chi connectivity index (χ4n) is 2.64. The SMILES string of the molecule is O=S(=O)(c1ccc(OCc2ccncc2)cc1)N1CCCC(O)C1. The number of aliphatic hydroxyl groups excluding tert-OH is 1. The van der Waals surface area contributed by atoms with E-state index in [1.807, 2.05) is 12.1 Å². The zero-order valence-electron chi connectivity index (χ0n) is 13.2. The standard InChI is InChI=1S/C17H20N2O4S/c20-15-2-1-11-19(12-15)24(21,22)17-5-3-16(4-6-17)23-13-14-7-9-18-10-8-14/h3-10,15,20H,1-2,11-13H2. The number of β-amino-alcohol motifs (C(OH)–C–C–N with tert-alkyl or cyclic N) is 1. The van der Waals surface area contributed by atoms with Gasteiger partial charge in [-0.2, -0.15) is 4.31 Å². The third-order valence-electron chi connectivity index (χ3n) is 3.98. The summed E-state index contributed by atoms with van der Waals surface area (Å²) in [5, 5.41) is 9.68. The predicted molar refractivity (Wildman–Crippen MR) is 89.0 cm³/mol. The van der Waals surface area contributed by atoms with Gasteiger partial charge in [0.1, 0.15) is 12.4 Å². The highest BCUT2D eigenvalue weighted by atomic mass is 32.2. The highest BCUT2D eigenvalue weighted by molar-refractivity contribution is 7.89. The smallest absolute Gasteiger partial charge is 0.243 e. The molecule has 128 valence electrons. The molecule has 1 aliphatic heterocycles. The van der Waals surface area contributed by atoms with Crippen molar-refractivity contribution in [2.75, 3.05) is 13.1 Å². The molecule has 1 fully saturated rings. The molecule has 1 saturated heterocycles. The molecule has 1 aliphatic rings. The first kappa shape index (κ1) is 16.9. The lowest BCUT2D eigenvalue weighted by molar-refractivity contribution is 0.108. The molecule has 1 aromatic heterocycles. The summed E-state index contributed by atoms with van der Waals surface area (Å²) in [4.78, 5) is 4.16. The molecule has 0 radical (unpaired) electrons. The molecular weight excluding hydrogens is 328 g/mol. The molecule has 6 nitrogen and oxygen atoms in total. The number of hydrogen-bond acceptors (Lipinski definition) is 5. The van der Waals surface area contributed by atoms with E-state index >= 15 is 0 Å². The summed E-state index contributed by atoms with van der Waals surface area (Å²) >= 11 is 0. The number of ether oxygens (including phenoxy) is 1. The van der Waals surface area contributed by atoms with Crippen LogP contribution in [0.4, 0.5) is 0 Å². The maximum atomic E-state index is 12.6. The summed E-state index contributed by atoms with van der Waals surface area (Å²) in [5.41, 5.74) is 0.990. The summed E-state index contributed by atoms with van der Waals surface area (Å²) in [7, 11) is -3.57. The van der Waals surface area contributed by atoms with Crippen molar-refractivity contribution >= 4 is 10.0 Å². The minimum absolute atomic E-state index is 0.155. The molecule has 3 rings (SSSR count). The summed E-state index contributed by atoms with van der Waals surface area (Å²) in [6, 6.07) is 10.1. The predicted octanol–water partition coefficient (Wildman–Crippen LogP) is 1.81. The van der Waals surface area contributed by atoms with Crippen LogP contribution in [0.25, 0.3) is 0 Å². The number of sulfonamides is 1. The first-order valence-electron chi connectivity index (χ1n) is 7.86. The molecule has 2 aromatic rings. The Labute approximate surface area is 141 Å². The van der Waals surface area contributed by atoms with Crippen molar-refractivity contribution in [1.29, 1.82) is 0 Å². The second kappa shape index (κ2) is 7.29. The summed E-state index contributed by atoms with van der Waals surface area (Å²) in [6.07, 6.45) is 4.13. The van der Waals surface area contributed by atoms with Gasteiger partial charge in [-0.15, -0.1) is 0 Å². The molecule has 7 heteroatoms. The van der Waals surface area contributed by atoms with Gasteiger partial charge in [0.2, 0.25) is 10.0 Å². The molecule has 1 N–H and O–H groups in total. The van der Waals surface area contributed by atoms with Crippen molar-refractivity contribution in [2.24, 2.45) is 0 Å². The highest BCUT2D eigenvalue weighted by Gasteiger charge is 2.29. The van der Waals surface area contributed by atoms with Crippen LogP contribution in [-0.2, 0) is 16.6 Å². The first-order valence-corrected chi connectivity index (χ1v) is 9.30. The highest BCUT2D eigenvalue weighted by Crippen LogP contribution is 2.23. The minimum atomic E-state index is -3.57. The van der Waals surface area contributed by atoms with Crippen LogP contribution in [0.3, 0.4) is 0 Å². The lowest BCUT2D eigenvalue weighted by Gasteiger charge is -2.29. The molecular formula is C17H20N2O4S. The van der Waals surface area contributed by atoms with Crippen LogP contribution in [0, 0.1) is 0 Å². The number of hydrogen-bond donors (Lipinski definition) is 1. The van der Waals surface area contributed by atoms with E-state index in [-0.39, 0.29) is 11.4 Å². The van der Waals surface area contributed by atoms with Crippen LogP contribution in [0.1, 0.15) is 18.4 Å². The van der Waals surface area contributed by atoms with Gasteiger partial charge in [0, 0.05) is 25.5 Å². The topological polar surface area (TPSA) is 79.7 Å². The molecule has 1 atom stereocenters. The van der Waals surface area contributed by atoms with Gasteiger partial charge in [0.25, 0.3) is 0 Å². The van der Waals surface area contributed by atoms with E-state index in [1.165, 1.54) is 16.4 Å². The van der Waals surface area contributed by atoms with E-state index in [4.69, 9.17) is 4.74 Å². The molecule has 0 spiro atoms. The van der Waals surface area contributed by atoms with Gasteiger partial charge in [0.05, 0.1) is 11.0 Å². The van der Waals surface area contributed by atoms with E-state index in [1.54, 1.807) is 24.5 Å². The first-order chi connectivity index (χ1) is 11.6. The summed E-state index contributed by atoms with van der Waals surface area (Å²) < 4.78 is 32.2. The van der Waals surface area contributed by atoms with E-state index < -0.39 is 16.1 Å². The van der Waals surface area contributed by atoms with Crippen molar-refractivity contribution in [3.8, 4) is 5.75 Å². The Morgan fingerprint density at radius 3 is 2.54 bits per heavy atom. The quantitative estimate of drug-likeness (QED) is 0.891. The molecule has 0 aliphatic carbocycles. The fraction of sp³-hybridized carbons (Fsp3) is 0.353. The van der Waals surface area contributed by atoms with Crippen molar-refractivity contribution in [3.05, 3.63) is 54.4 Å². The van der Waals surface area contributed by atoms with E-state index in [0.717, 1.165) is 5.56 Å². The largest absolute Gasteiger partial charge is 0.489 e. The van der Waals surface area contributed by atoms with Crippen LogP contribution >= 0.6 is 0 Å². The Morgan fingerprint density at radius 2 is 1.88 bits per heavy atom. The number of nitrogens with zero attached hydrogens (tertiary/aromatic N) is 2. The third kappa shape index (κ3) is 3.92. The average Bonchev–Trinajstić information content (AvgIpc) is 2.61. The maximum absolute atomic E-state index is 12.6. The number of benzene rings is 1. The van der Waals surface area contributed by atoms with Crippen molar-refractivity contribution < 1.29 is 18.3 Å². The Kier molecular flexibility index (Phi) is 5.13. The van der Waals surface area contributed by atoms with Gasteiger partial charge >= 0.3 is 0 Å². The van der Waals surface area contributed by atoms with Crippen LogP contribution in [0.2, 0.25) is 0 Å². The second-order valence-electron chi connectivity index (χ2n) is 5.77. The van der Waals surface area contributed by atoms with Crippen LogP contribution in [-0.4, -0.2) is 42.0 Å². The third-order valence-corrected chi connectivity index (χ3v) is 5.85. The van der Waals surface area contributed by atoms with Gasteiger partial charge in [-0.1, -0.05) is 0 Å². The van der Waals surface area contributed by atoms with Gasteiger partial charge < -0.3 is 9.84 Å². The minimum Gasteiger partial charge on any atom is -0.489 e. The molecule has 1 unspecified atom stereocenters. The number of aromatic nitrogens is 1. The van der Waals surface area contributed by atoms with Gasteiger partial charge in [-0.3, -0.25) is 4.98 Å². The van der Waals surface area contributed by atoms with Crippen molar-refractivity contribution in [1.82, 2.24) is 9.29 Å². The maximum Gasteiger partial charge on any atom is 0.243 e. The zero-order valence-corrected chi connectivity index (χ0v) is 14.0. The Balaban J connectivity index is 1.67. The molecule has 0 amide bonds. The number of rotatable bonds is 5. The molecule has 2 heterocycles. The summed E-state index contributed by atoms with van der Waals surface area (Å²) in [5.74, 6) is 0.601. The molecule has 24 heavy (non-hydrogen) atoms. The van der Waals surface area contributed by atoms with Crippen LogP contribution in [0.15, 0.2) is 53.7 Å². The van der Waals surface area contributed by atoms with Crippen LogP contribution in [0.5, 0.6) is 5.75 Å². The number of pyridine rings is 1. The zero-order chi connectivity index (χ0) is 17.0. The Hall–Kier alpha value is -1.96. The van der Waals surface area contributed by atoms with Gasteiger partial charge in [0.15, 0.2) is 0 Å². The lowest BCUT2D eigenvalue weighted by Crippen LogP contribution is -2.42. The Bertz CT molecular complexity index is 763. The van der Waals surface area contributed by atoms with Gasteiger partial charge in [-0.05, 0) is 54.8 Å². The summed E-state index contributed by atoms with van der Waals surface area (Å²) in [6.45, 7) is 0.995. The molecule has 1 aromatic carbocycles. The fourth-order valence-corrected chi connectivity index (χ4v) is 4.16. The average molecular weight is 348 g/mol. The van der Waals surface area contributed by atoms with Crippen molar-refractivity contribution in [2.45, 2.75) is 30.4 Å². The normalized spacial score (nSPS) is 19.1. The van der Waals surface area contributed by atoms with Crippen molar-refractivity contribution in [3.63, 3.8) is 0 Å². The van der Waals surface area contributed by atoms with E-state index in [2.05, 4.69) is 4.98 Å². The van der Waals surface area contributed by atoms with Gasteiger partial charge in [-0.25, -0.2) is 8.42 Å².